The summed E-state index contributed by atoms with van der Waals surface area (Å²) in [5, 5.41) is 6.24. The first-order chi connectivity index (χ1) is 13.6. The first kappa shape index (κ1) is 18.1. The molecule has 0 bridgehead atoms. The second kappa shape index (κ2) is 7.40. The average Bonchev–Trinajstić information content (AvgIpc) is 3.38. The molecule has 0 aliphatic heterocycles. The number of hydrogen-bond acceptors (Lipinski definition) is 7. The number of fused-ring (bicyclic) bond motifs is 1. The van der Waals surface area contributed by atoms with Gasteiger partial charge in [0.1, 0.15) is 23.5 Å². The van der Waals surface area contributed by atoms with E-state index in [1.807, 2.05) is 31.4 Å². The molecule has 0 saturated carbocycles. The smallest absolute Gasteiger partial charge is 0.344 e. The third-order valence-corrected chi connectivity index (χ3v) is 5.18. The van der Waals surface area contributed by atoms with Crippen LogP contribution in [0.25, 0.3) is 21.7 Å². The summed E-state index contributed by atoms with van der Waals surface area (Å²) in [5.41, 5.74) is 1.42. The number of carbonyl (C=O) groups is 1. The van der Waals surface area contributed by atoms with Gasteiger partial charge in [-0.05, 0) is 37.4 Å². The van der Waals surface area contributed by atoms with Gasteiger partial charge < -0.3 is 13.8 Å². The van der Waals surface area contributed by atoms with Crippen molar-refractivity contribution < 1.29 is 14.1 Å². The summed E-state index contributed by atoms with van der Waals surface area (Å²) in [6, 6.07) is 8.99. The Kier molecular flexibility index (Phi) is 4.79. The van der Waals surface area contributed by atoms with E-state index in [1.54, 1.807) is 22.8 Å². The molecule has 4 aromatic rings. The lowest BCUT2D eigenvalue weighted by molar-refractivity contribution is 0.0462. The van der Waals surface area contributed by atoms with Gasteiger partial charge in [-0.15, -0.1) is 11.3 Å². The van der Waals surface area contributed by atoms with Crippen molar-refractivity contribution in [3.8, 4) is 10.6 Å². The second-order valence-electron chi connectivity index (χ2n) is 6.22. The van der Waals surface area contributed by atoms with E-state index in [0.717, 1.165) is 10.6 Å². The second-order valence-corrected chi connectivity index (χ2v) is 7.17. The molecule has 4 rings (SSSR count). The number of ether oxygens (including phenoxy) is 1. The van der Waals surface area contributed by atoms with E-state index >= 15 is 0 Å². The van der Waals surface area contributed by atoms with Crippen LogP contribution in [0, 0.1) is 6.92 Å². The van der Waals surface area contributed by atoms with Crippen LogP contribution in [0.3, 0.4) is 0 Å². The molecule has 142 valence electrons. The van der Waals surface area contributed by atoms with E-state index in [0.29, 0.717) is 29.0 Å². The van der Waals surface area contributed by atoms with Gasteiger partial charge in [0.2, 0.25) is 5.43 Å². The van der Waals surface area contributed by atoms with Crippen molar-refractivity contribution in [3.63, 3.8) is 0 Å². The summed E-state index contributed by atoms with van der Waals surface area (Å²) in [4.78, 5) is 30.6. The van der Waals surface area contributed by atoms with E-state index in [9.17, 15) is 9.59 Å². The van der Waals surface area contributed by atoms with Crippen LogP contribution in [-0.4, -0.2) is 20.7 Å². The van der Waals surface area contributed by atoms with Gasteiger partial charge in [0.25, 0.3) is 0 Å². The molecule has 0 amide bonds. The zero-order valence-electron chi connectivity index (χ0n) is 15.3. The number of thiophene rings is 1. The van der Waals surface area contributed by atoms with Gasteiger partial charge >= 0.3 is 5.97 Å². The fourth-order valence-electron chi connectivity index (χ4n) is 2.88. The number of nitrogens with zero attached hydrogens (tertiary/aromatic N) is 3. The number of aromatic nitrogens is 3. The molecule has 7 nitrogen and oxygen atoms in total. The van der Waals surface area contributed by atoms with E-state index in [4.69, 9.17) is 9.26 Å². The topological polar surface area (TPSA) is 87.2 Å². The Bertz CT molecular complexity index is 1210. The lowest BCUT2D eigenvalue weighted by atomic mass is 10.2. The molecule has 0 aliphatic carbocycles. The first-order valence-electron chi connectivity index (χ1n) is 8.74. The highest BCUT2D eigenvalue weighted by molar-refractivity contribution is 7.13. The van der Waals surface area contributed by atoms with E-state index in [1.165, 1.54) is 17.5 Å². The minimum atomic E-state index is -0.699. The monoisotopic (exact) mass is 395 g/mol. The van der Waals surface area contributed by atoms with Gasteiger partial charge in [-0.2, -0.15) is 0 Å². The predicted molar refractivity (Wildman–Crippen MR) is 105 cm³/mol. The molecule has 4 heterocycles. The minimum absolute atomic E-state index is 0.0259. The Morgan fingerprint density at radius 1 is 1.32 bits per heavy atom. The molecule has 0 aliphatic rings. The summed E-state index contributed by atoms with van der Waals surface area (Å²) in [7, 11) is 0. The van der Waals surface area contributed by atoms with Gasteiger partial charge in [0, 0.05) is 24.5 Å². The number of esters is 1. The van der Waals surface area contributed by atoms with Crippen molar-refractivity contribution in [2.75, 3.05) is 0 Å². The SMILES string of the molecule is CCn1cc(C(=O)OCc2cc(-c3cccs3)on2)c(=O)c2ccc(C)nc21. The van der Waals surface area contributed by atoms with E-state index in [-0.39, 0.29) is 12.2 Å². The molecule has 0 atom stereocenters. The Morgan fingerprint density at radius 3 is 2.93 bits per heavy atom. The van der Waals surface area contributed by atoms with Gasteiger partial charge in [-0.25, -0.2) is 9.78 Å². The summed E-state index contributed by atoms with van der Waals surface area (Å²) >= 11 is 1.53. The highest BCUT2D eigenvalue weighted by Gasteiger charge is 2.18. The Hall–Kier alpha value is -3.26. The van der Waals surface area contributed by atoms with Gasteiger partial charge in [-0.1, -0.05) is 11.2 Å². The summed E-state index contributed by atoms with van der Waals surface area (Å²) in [6.45, 7) is 4.27. The van der Waals surface area contributed by atoms with Gasteiger partial charge in [-0.3, -0.25) is 4.79 Å². The first-order valence-corrected chi connectivity index (χ1v) is 9.62. The van der Waals surface area contributed by atoms with E-state index < -0.39 is 11.4 Å². The molecule has 0 aromatic carbocycles. The van der Waals surface area contributed by atoms with Crippen LogP contribution in [0.5, 0.6) is 0 Å². The summed E-state index contributed by atoms with van der Waals surface area (Å²) in [5.74, 6) is -0.0862. The van der Waals surface area contributed by atoms with Crippen molar-refractivity contribution in [3.05, 3.63) is 69.1 Å². The number of pyridine rings is 2. The molecule has 0 spiro atoms. The van der Waals surface area contributed by atoms with Crippen molar-refractivity contribution in [1.29, 1.82) is 0 Å². The number of rotatable bonds is 5. The predicted octanol–water partition coefficient (Wildman–Crippen LogP) is 3.80. The Morgan fingerprint density at radius 2 is 2.18 bits per heavy atom. The van der Waals surface area contributed by atoms with Crippen molar-refractivity contribution >= 4 is 28.3 Å². The van der Waals surface area contributed by atoms with Gasteiger partial charge in [0.05, 0.1) is 10.3 Å². The fraction of sp³-hybridized carbons (Fsp3) is 0.200. The number of aryl methyl sites for hydroxylation is 2. The lowest BCUT2D eigenvalue weighted by Crippen LogP contribution is -2.21. The van der Waals surface area contributed by atoms with Crippen LogP contribution in [0.1, 0.15) is 28.7 Å². The highest BCUT2D eigenvalue weighted by Crippen LogP contribution is 2.25. The van der Waals surface area contributed by atoms with Crippen LogP contribution < -0.4 is 5.43 Å². The lowest BCUT2D eigenvalue weighted by Gasteiger charge is -2.10. The normalized spacial score (nSPS) is 11.1. The van der Waals surface area contributed by atoms with Crippen LogP contribution in [0.15, 0.2) is 51.2 Å². The van der Waals surface area contributed by atoms with E-state index in [2.05, 4.69) is 10.1 Å². The average molecular weight is 395 g/mol. The van der Waals surface area contributed by atoms with Crippen molar-refractivity contribution in [1.82, 2.24) is 14.7 Å². The summed E-state index contributed by atoms with van der Waals surface area (Å²) in [6.07, 6.45) is 1.50. The summed E-state index contributed by atoms with van der Waals surface area (Å²) < 4.78 is 12.3. The molecule has 0 N–H and O–H groups in total. The highest BCUT2D eigenvalue weighted by atomic mass is 32.1. The van der Waals surface area contributed by atoms with Gasteiger partial charge in [0.15, 0.2) is 5.76 Å². The zero-order valence-corrected chi connectivity index (χ0v) is 16.2. The zero-order chi connectivity index (χ0) is 19.7. The van der Waals surface area contributed by atoms with Crippen molar-refractivity contribution in [2.45, 2.75) is 27.0 Å². The van der Waals surface area contributed by atoms with Crippen molar-refractivity contribution in [2.24, 2.45) is 0 Å². The molecule has 0 radical (unpaired) electrons. The van der Waals surface area contributed by atoms with Crippen LogP contribution in [-0.2, 0) is 17.9 Å². The van der Waals surface area contributed by atoms with Crippen LogP contribution in [0.4, 0.5) is 0 Å². The number of carbonyl (C=O) groups excluding carboxylic acids is 1. The maximum absolute atomic E-state index is 12.7. The molecular weight excluding hydrogens is 378 g/mol. The molecule has 0 saturated heterocycles. The molecular formula is C20H17N3O4S. The standard InChI is InChI=1S/C20H17N3O4S/c1-3-23-10-15(18(24)14-7-6-12(2)21-19(14)23)20(25)26-11-13-9-16(27-22-13)17-5-4-8-28-17/h4-10H,3,11H2,1-2H3. The Balaban J connectivity index is 1.58. The molecule has 8 heteroatoms. The minimum Gasteiger partial charge on any atom is -0.455 e. The molecule has 4 aromatic heterocycles. The van der Waals surface area contributed by atoms with Crippen LogP contribution in [0.2, 0.25) is 0 Å². The molecule has 0 fully saturated rings. The molecule has 0 unspecified atom stereocenters. The fourth-order valence-corrected chi connectivity index (χ4v) is 3.55. The maximum atomic E-state index is 12.7. The third kappa shape index (κ3) is 3.34. The Labute approximate surface area is 164 Å². The number of hydrogen-bond donors (Lipinski definition) is 0. The van der Waals surface area contributed by atoms with Crippen LogP contribution >= 0.6 is 11.3 Å². The third-order valence-electron chi connectivity index (χ3n) is 4.30. The quantitative estimate of drug-likeness (QED) is 0.478. The maximum Gasteiger partial charge on any atom is 0.344 e. The largest absolute Gasteiger partial charge is 0.455 e. The molecule has 28 heavy (non-hydrogen) atoms.